The SMILES string of the molecule is Cc1cc(COc2cc(Br)ccc2[C@@H](C)O)on1. The van der Waals surface area contributed by atoms with Crippen molar-refractivity contribution in [1.82, 2.24) is 5.16 Å². The lowest BCUT2D eigenvalue weighted by atomic mass is 10.1. The Labute approximate surface area is 114 Å². The summed E-state index contributed by atoms with van der Waals surface area (Å²) in [6.07, 6.45) is -0.579. The summed E-state index contributed by atoms with van der Waals surface area (Å²) in [6, 6.07) is 7.34. The van der Waals surface area contributed by atoms with Crippen LogP contribution in [0.4, 0.5) is 0 Å². The molecule has 0 unspecified atom stereocenters. The number of aliphatic hydroxyl groups is 1. The molecule has 0 aliphatic heterocycles. The van der Waals surface area contributed by atoms with E-state index in [9.17, 15) is 5.11 Å². The Balaban J connectivity index is 2.15. The lowest BCUT2D eigenvalue weighted by Gasteiger charge is -2.12. The number of hydrogen-bond acceptors (Lipinski definition) is 4. The normalized spacial score (nSPS) is 12.4. The van der Waals surface area contributed by atoms with Gasteiger partial charge in [0, 0.05) is 16.1 Å². The first-order chi connectivity index (χ1) is 8.56. The summed E-state index contributed by atoms with van der Waals surface area (Å²) in [5.74, 6) is 1.29. The Hall–Kier alpha value is -1.33. The topological polar surface area (TPSA) is 55.5 Å². The average molecular weight is 312 g/mol. The molecule has 0 amide bonds. The average Bonchev–Trinajstić information content (AvgIpc) is 2.72. The maximum atomic E-state index is 9.67. The van der Waals surface area contributed by atoms with E-state index >= 15 is 0 Å². The van der Waals surface area contributed by atoms with Gasteiger partial charge in [0.1, 0.15) is 12.4 Å². The van der Waals surface area contributed by atoms with E-state index in [4.69, 9.17) is 9.26 Å². The van der Waals surface area contributed by atoms with Gasteiger partial charge in [-0.25, -0.2) is 0 Å². The number of rotatable bonds is 4. The summed E-state index contributed by atoms with van der Waals surface area (Å²) in [6.45, 7) is 3.85. The number of hydrogen-bond donors (Lipinski definition) is 1. The molecule has 1 aromatic carbocycles. The van der Waals surface area contributed by atoms with Crippen molar-refractivity contribution in [2.24, 2.45) is 0 Å². The molecule has 0 saturated heterocycles. The fourth-order valence-corrected chi connectivity index (χ4v) is 1.95. The van der Waals surface area contributed by atoms with Crippen LogP contribution in [0.5, 0.6) is 5.75 Å². The van der Waals surface area contributed by atoms with Crippen LogP contribution in [-0.4, -0.2) is 10.3 Å². The third-order valence-electron chi connectivity index (χ3n) is 2.47. The third kappa shape index (κ3) is 3.11. The van der Waals surface area contributed by atoms with Gasteiger partial charge in [-0.2, -0.15) is 0 Å². The van der Waals surface area contributed by atoms with Crippen LogP contribution in [0.15, 0.2) is 33.3 Å². The molecule has 1 atom stereocenters. The Morgan fingerprint density at radius 1 is 1.44 bits per heavy atom. The summed E-state index contributed by atoms with van der Waals surface area (Å²) in [4.78, 5) is 0. The van der Waals surface area contributed by atoms with E-state index in [1.165, 1.54) is 0 Å². The second-order valence-corrected chi connectivity index (χ2v) is 5.00. The molecule has 18 heavy (non-hydrogen) atoms. The van der Waals surface area contributed by atoms with Crippen LogP contribution in [0.25, 0.3) is 0 Å². The van der Waals surface area contributed by atoms with Crippen molar-refractivity contribution in [3.63, 3.8) is 0 Å². The van der Waals surface area contributed by atoms with Crippen molar-refractivity contribution >= 4 is 15.9 Å². The predicted octanol–water partition coefficient (Wildman–Crippen LogP) is 3.38. The second kappa shape index (κ2) is 5.54. The van der Waals surface area contributed by atoms with E-state index in [0.717, 1.165) is 15.7 Å². The highest BCUT2D eigenvalue weighted by molar-refractivity contribution is 9.10. The molecule has 1 heterocycles. The van der Waals surface area contributed by atoms with Crippen molar-refractivity contribution in [2.45, 2.75) is 26.6 Å². The zero-order valence-corrected chi connectivity index (χ0v) is 11.8. The number of ether oxygens (including phenoxy) is 1. The zero-order valence-electron chi connectivity index (χ0n) is 10.2. The molecule has 96 valence electrons. The van der Waals surface area contributed by atoms with Gasteiger partial charge in [0.25, 0.3) is 0 Å². The van der Waals surface area contributed by atoms with Crippen LogP contribution in [-0.2, 0) is 6.61 Å². The van der Waals surface area contributed by atoms with Gasteiger partial charge in [-0.3, -0.25) is 0 Å². The Kier molecular flexibility index (Phi) is 4.04. The fourth-order valence-electron chi connectivity index (χ4n) is 1.61. The lowest BCUT2D eigenvalue weighted by Crippen LogP contribution is -2.00. The Bertz CT molecular complexity index is 537. The summed E-state index contributed by atoms with van der Waals surface area (Å²) in [5.41, 5.74) is 1.56. The van der Waals surface area contributed by atoms with Crippen molar-refractivity contribution in [2.75, 3.05) is 0 Å². The molecule has 2 rings (SSSR count). The Morgan fingerprint density at radius 3 is 2.83 bits per heavy atom. The minimum atomic E-state index is -0.579. The van der Waals surface area contributed by atoms with Crippen molar-refractivity contribution in [3.05, 3.63) is 45.8 Å². The molecule has 2 aromatic rings. The van der Waals surface area contributed by atoms with Crippen LogP contribution in [0.3, 0.4) is 0 Å². The zero-order chi connectivity index (χ0) is 13.1. The molecular formula is C13H14BrNO3. The highest BCUT2D eigenvalue weighted by Crippen LogP contribution is 2.29. The highest BCUT2D eigenvalue weighted by atomic mass is 79.9. The van der Waals surface area contributed by atoms with Gasteiger partial charge in [-0.05, 0) is 26.0 Å². The molecule has 0 bridgehead atoms. The number of benzene rings is 1. The summed E-state index contributed by atoms with van der Waals surface area (Å²) in [7, 11) is 0. The number of halogens is 1. The molecule has 0 radical (unpaired) electrons. The standard InChI is InChI=1S/C13H14BrNO3/c1-8-5-11(18-15-8)7-17-13-6-10(14)3-4-12(13)9(2)16/h3-6,9,16H,7H2,1-2H3/t9-/m1/s1. The van der Waals surface area contributed by atoms with Gasteiger partial charge in [0.2, 0.25) is 0 Å². The van der Waals surface area contributed by atoms with E-state index < -0.39 is 6.10 Å². The summed E-state index contributed by atoms with van der Waals surface area (Å²) in [5, 5.41) is 13.5. The Morgan fingerprint density at radius 2 is 2.22 bits per heavy atom. The molecule has 1 N–H and O–H groups in total. The maximum Gasteiger partial charge on any atom is 0.174 e. The van der Waals surface area contributed by atoms with Gasteiger partial charge in [-0.1, -0.05) is 27.2 Å². The largest absolute Gasteiger partial charge is 0.485 e. The predicted molar refractivity (Wildman–Crippen MR) is 70.3 cm³/mol. The lowest BCUT2D eigenvalue weighted by molar-refractivity contribution is 0.186. The highest BCUT2D eigenvalue weighted by Gasteiger charge is 2.11. The number of aromatic nitrogens is 1. The number of nitrogens with zero attached hydrogens (tertiary/aromatic N) is 1. The van der Waals surface area contributed by atoms with Crippen LogP contribution >= 0.6 is 15.9 Å². The molecule has 1 aromatic heterocycles. The monoisotopic (exact) mass is 311 g/mol. The van der Waals surface area contributed by atoms with Crippen LogP contribution < -0.4 is 4.74 Å². The maximum absolute atomic E-state index is 9.67. The first-order valence-corrected chi connectivity index (χ1v) is 6.38. The fraction of sp³-hybridized carbons (Fsp3) is 0.308. The van der Waals surface area contributed by atoms with E-state index in [2.05, 4.69) is 21.1 Å². The van der Waals surface area contributed by atoms with Gasteiger partial charge >= 0.3 is 0 Å². The van der Waals surface area contributed by atoms with Crippen molar-refractivity contribution < 1.29 is 14.4 Å². The van der Waals surface area contributed by atoms with E-state index in [-0.39, 0.29) is 6.61 Å². The number of aryl methyl sites for hydroxylation is 1. The first kappa shape index (κ1) is 13.1. The van der Waals surface area contributed by atoms with Crippen molar-refractivity contribution in [1.29, 1.82) is 0 Å². The minimum Gasteiger partial charge on any atom is -0.485 e. The minimum absolute atomic E-state index is 0.289. The molecule has 0 aliphatic rings. The van der Waals surface area contributed by atoms with E-state index in [0.29, 0.717) is 11.5 Å². The molecule has 5 heteroatoms. The van der Waals surface area contributed by atoms with Gasteiger partial charge < -0.3 is 14.4 Å². The van der Waals surface area contributed by atoms with E-state index in [1.807, 2.05) is 31.2 Å². The molecule has 4 nitrogen and oxygen atoms in total. The van der Waals surface area contributed by atoms with Crippen LogP contribution in [0.2, 0.25) is 0 Å². The van der Waals surface area contributed by atoms with Gasteiger partial charge in [0.15, 0.2) is 5.76 Å². The molecule has 0 saturated carbocycles. The van der Waals surface area contributed by atoms with E-state index in [1.54, 1.807) is 6.92 Å². The smallest absolute Gasteiger partial charge is 0.174 e. The van der Waals surface area contributed by atoms with Gasteiger partial charge in [0.05, 0.1) is 11.8 Å². The third-order valence-corrected chi connectivity index (χ3v) is 2.97. The quantitative estimate of drug-likeness (QED) is 0.940. The van der Waals surface area contributed by atoms with Gasteiger partial charge in [-0.15, -0.1) is 0 Å². The van der Waals surface area contributed by atoms with Crippen LogP contribution in [0, 0.1) is 6.92 Å². The summed E-state index contributed by atoms with van der Waals surface area (Å²) < 4.78 is 11.6. The molecule has 0 spiro atoms. The molecule has 0 aliphatic carbocycles. The van der Waals surface area contributed by atoms with Crippen LogP contribution in [0.1, 0.15) is 30.0 Å². The molecule has 0 fully saturated rings. The number of aliphatic hydroxyl groups excluding tert-OH is 1. The first-order valence-electron chi connectivity index (χ1n) is 5.59. The van der Waals surface area contributed by atoms with Crippen molar-refractivity contribution in [3.8, 4) is 5.75 Å². The summed E-state index contributed by atoms with van der Waals surface area (Å²) >= 11 is 3.38. The second-order valence-electron chi connectivity index (χ2n) is 4.08. The molecular weight excluding hydrogens is 298 g/mol.